The van der Waals surface area contributed by atoms with Crippen molar-refractivity contribution in [2.24, 2.45) is 0 Å². The molecule has 0 fully saturated rings. The first-order chi connectivity index (χ1) is 9.25. The van der Waals surface area contributed by atoms with Crippen LogP contribution in [0.15, 0.2) is 42.7 Å². The Hall–Kier alpha value is -2.30. The third kappa shape index (κ3) is 4.13. The van der Waals surface area contributed by atoms with Crippen molar-refractivity contribution in [1.82, 2.24) is 15.5 Å². The molecule has 2 aromatic rings. The van der Waals surface area contributed by atoms with Gasteiger partial charge >= 0.3 is 0 Å². The predicted molar refractivity (Wildman–Crippen MR) is 71.7 cm³/mol. The molecule has 100 valence electrons. The summed E-state index contributed by atoms with van der Waals surface area (Å²) >= 11 is 0. The van der Waals surface area contributed by atoms with Crippen molar-refractivity contribution in [2.45, 2.75) is 19.4 Å². The second kappa shape index (κ2) is 6.58. The van der Waals surface area contributed by atoms with E-state index in [4.69, 9.17) is 4.74 Å². The maximum Gasteiger partial charge on any atom is 0.223 e. The van der Waals surface area contributed by atoms with Gasteiger partial charge in [-0.1, -0.05) is 18.2 Å². The van der Waals surface area contributed by atoms with Crippen molar-refractivity contribution < 1.29 is 9.53 Å². The van der Waals surface area contributed by atoms with Crippen LogP contribution in [0, 0.1) is 0 Å². The molecule has 0 aliphatic rings. The van der Waals surface area contributed by atoms with Crippen LogP contribution in [0.4, 0.5) is 0 Å². The standard InChI is InChI=1S/C14H17N3O2/c1-11(12-9-15-16-10-12)17-14(18)7-8-19-13-5-3-2-4-6-13/h2-6,9-11H,7-8H2,1H3,(H,15,16)(H,17,18). The van der Waals surface area contributed by atoms with E-state index in [2.05, 4.69) is 15.5 Å². The summed E-state index contributed by atoms with van der Waals surface area (Å²) in [6.07, 6.45) is 3.80. The molecular formula is C14H17N3O2. The summed E-state index contributed by atoms with van der Waals surface area (Å²) in [7, 11) is 0. The third-order valence-corrected chi connectivity index (χ3v) is 2.74. The number of carbonyl (C=O) groups is 1. The van der Waals surface area contributed by atoms with Crippen molar-refractivity contribution in [1.29, 1.82) is 0 Å². The number of H-pyrrole nitrogens is 1. The van der Waals surface area contributed by atoms with Gasteiger partial charge in [0, 0.05) is 11.8 Å². The number of ether oxygens (including phenoxy) is 1. The maximum atomic E-state index is 11.7. The van der Waals surface area contributed by atoms with Crippen LogP contribution in [0.2, 0.25) is 0 Å². The molecule has 5 nitrogen and oxygen atoms in total. The van der Waals surface area contributed by atoms with E-state index in [1.54, 1.807) is 12.4 Å². The third-order valence-electron chi connectivity index (χ3n) is 2.74. The van der Waals surface area contributed by atoms with Crippen LogP contribution < -0.4 is 10.1 Å². The highest BCUT2D eigenvalue weighted by Crippen LogP contribution is 2.10. The molecule has 0 bridgehead atoms. The van der Waals surface area contributed by atoms with Crippen LogP contribution in [0.25, 0.3) is 0 Å². The normalized spacial score (nSPS) is 11.8. The number of carbonyl (C=O) groups excluding carboxylic acids is 1. The minimum absolute atomic E-state index is 0.0374. The number of hydrogen-bond acceptors (Lipinski definition) is 3. The van der Waals surface area contributed by atoms with Gasteiger partial charge in [-0.3, -0.25) is 9.89 Å². The topological polar surface area (TPSA) is 67.0 Å². The molecule has 1 aromatic heterocycles. The summed E-state index contributed by atoms with van der Waals surface area (Å²) in [6.45, 7) is 2.29. The minimum atomic E-state index is -0.0528. The lowest BCUT2D eigenvalue weighted by Crippen LogP contribution is -2.27. The highest BCUT2D eigenvalue weighted by molar-refractivity contribution is 5.76. The largest absolute Gasteiger partial charge is 0.493 e. The van der Waals surface area contributed by atoms with E-state index in [1.807, 2.05) is 37.3 Å². The van der Waals surface area contributed by atoms with E-state index in [-0.39, 0.29) is 11.9 Å². The lowest BCUT2D eigenvalue weighted by atomic mass is 10.2. The fourth-order valence-corrected chi connectivity index (χ4v) is 1.67. The number of nitrogens with one attached hydrogen (secondary N) is 2. The zero-order valence-corrected chi connectivity index (χ0v) is 10.8. The van der Waals surface area contributed by atoms with Gasteiger partial charge < -0.3 is 10.1 Å². The Labute approximate surface area is 112 Å². The van der Waals surface area contributed by atoms with Gasteiger partial charge in [0.1, 0.15) is 5.75 Å². The highest BCUT2D eigenvalue weighted by Gasteiger charge is 2.10. The molecule has 1 aromatic carbocycles. The first-order valence-electron chi connectivity index (χ1n) is 6.21. The number of para-hydroxylation sites is 1. The molecule has 0 saturated carbocycles. The average Bonchev–Trinajstić information content (AvgIpc) is 2.94. The Morgan fingerprint density at radius 2 is 2.21 bits per heavy atom. The van der Waals surface area contributed by atoms with Crippen LogP contribution in [0.3, 0.4) is 0 Å². The van der Waals surface area contributed by atoms with Crippen LogP contribution in [-0.4, -0.2) is 22.7 Å². The summed E-state index contributed by atoms with van der Waals surface area (Å²) in [5.74, 6) is 0.739. The molecule has 2 N–H and O–H groups in total. The monoisotopic (exact) mass is 259 g/mol. The molecule has 0 aliphatic heterocycles. The number of aromatic nitrogens is 2. The summed E-state index contributed by atoms with van der Waals surface area (Å²) < 4.78 is 5.47. The molecule has 1 heterocycles. The van der Waals surface area contributed by atoms with Gasteiger partial charge in [0.2, 0.25) is 5.91 Å². The number of rotatable bonds is 6. The van der Waals surface area contributed by atoms with Gasteiger partial charge in [-0.15, -0.1) is 0 Å². The first kappa shape index (κ1) is 13.1. The summed E-state index contributed by atoms with van der Waals surface area (Å²) in [5, 5.41) is 9.46. The van der Waals surface area contributed by atoms with Gasteiger partial charge in [-0.2, -0.15) is 5.10 Å². The highest BCUT2D eigenvalue weighted by atomic mass is 16.5. The predicted octanol–water partition coefficient (Wildman–Crippen LogP) is 2.06. The number of amides is 1. The molecule has 2 rings (SSSR count). The Morgan fingerprint density at radius 1 is 1.42 bits per heavy atom. The van der Waals surface area contributed by atoms with E-state index in [9.17, 15) is 4.79 Å². The molecule has 0 spiro atoms. The summed E-state index contributed by atoms with van der Waals surface area (Å²) in [5.41, 5.74) is 0.956. The Balaban J connectivity index is 1.70. The number of nitrogens with zero attached hydrogens (tertiary/aromatic N) is 1. The van der Waals surface area contributed by atoms with Crippen molar-refractivity contribution >= 4 is 5.91 Å². The lowest BCUT2D eigenvalue weighted by molar-refractivity contribution is -0.122. The average molecular weight is 259 g/mol. The fraction of sp³-hybridized carbons (Fsp3) is 0.286. The minimum Gasteiger partial charge on any atom is -0.493 e. The van der Waals surface area contributed by atoms with Gasteiger partial charge in [0.25, 0.3) is 0 Å². The molecule has 5 heteroatoms. The van der Waals surface area contributed by atoms with Crippen LogP contribution in [0.5, 0.6) is 5.75 Å². The van der Waals surface area contributed by atoms with Crippen molar-refractivity contribution in [3.8, 4) is 5.75 Å². The molecule has 0 aliphatic carbocycles. The van der Waals surface area contributed by atoms with Gasteiger partial charge in [-0.05, 0) is 19.1 Å². The molecule has 19 heavy (non-hydrogen) atoms. The van der Waals surface area contributed by atoms with Crippen molar-refractivity contribution in [3.05, 3.63) is 48.3 Å². The van der Waals surface area contributed by atoms with E-state index in [0.29, 0.717) is 13.0 Å². The van der Waals surface area contributed by atoms with Gasteiger partial charge in [0.05, 0.1) is 25.3 Å². The SMILES string of the molecule is CC(NC(=O)CCOc1ccccc1)c1cn[nH]c1. The summed E-state index contributed by atoms with van der Waals surface area (Å²) in [6, 6.07) is 9.40. The molecular weight excluding hydrogens is 242 g/mol. The van der Waals surface area contributed by atoms with E-state index in [1.165, 1.54) is 0 Å². The zero-order chi connectivity index (χ0) is 13.5. The van der Waals surface area contributed by atoms with E-state index in [0.717, 1.165) is 11.3 Å². The molecule has 1 atom stereocenters. The van der Waals surface area contributed by atoms with Gasteiger partial charge in [-0.25, -0.2) is 0 Å². The fourth-order valence-electron chi connectivity index (χ4n) is 1.67. The van der Waals surface area contributed by atoms with Crippen molar-refractivity contribution in [2.75, 3.05) is 6.61 Å². The summed E-state index contributed by atoms with van der Waals surface area (Å²) in [4.78, 5) is 11.7. The Morgan fingerprint density at radius 3 is 2.89 bits per heavy atom. The zero-order valence-electron chi connectivity index (χ0n) is 10.8. The Kier molecular flexibility index (Phi) is 4.55. The molecule has 1 unspecified atom stereocenters. The number of benzene rings is 1. The van der Waals surface area contributed by atoms with Gasteiger partial charge in [0.15, 0.2) is 0 Å². The first-order valence-corrected chi connectivity index (χ1v) is 6.21. The number of hydrogen-bond donors (Lipinski definition) is 2. The van der Waals surface area contributed by atoms with Crippen LogP contribution >= 0.6 is 0 Å². The quantitative estimate of drug-likeness (QED) is 0.834. The van der Waals surface area contributed by atoms with Crippen LogP contribution in [0.1, 0.15) is 24.9 Å². The van der Waals surface area contributed by atoms with Crippen LogP contribution in [-0.2, 0) is 4.79 Å². The number of aromatic amines is 1. The second-order valence-corrected chi connectivity index (χ2v) is 4.23. The van der Waals surface area contributed by atoms with E-state index >= 15 is 0 Å². The smallest absolute Gasteiger partial charge is 0.223 e. The maximum absolute atomic E-state index is 11.7. The molecule has 0 saturated heterocycles. The lowest BCUT2D eigenvalue weighted by Gasteiger charge is -2.12. The molecule has 0 radical (unpaired) electrons. The Bertz CT molecular complexity index is 497. The van der Waals surface area contributed by atoms with E-state index < -0.39 is 0 Å². The van der Waals surface area contributed by atoms with Crippen molar-refractivity contribution in [3.63, 3.8) is 0 Å². The molecule has 1 amide bonds. The second-order valence-electron chi connectivity index (χ2n) is 4.23.